The molecule has 226 valence electrons. The molecule has 0 bridgehead atoms. The van der Waals surface area contributed by atoms with Crippen LogP contribution in [0.3, 0.4) is 0 Å². The standard InChI is InChI=1S/C32H38ClF3N4O2/c1-20-4-2-7-23(12-20)26-19-39(28(31(41)42)13-21-5-3-6-21)17-24(26)16-38-10-8-22(9-11-38)29-15-37-30-27(33)14-25(18-40(29)30)32(34,35)36/h2,4,7,12,14-15,18,21-22,24,26,28H,3,5-6,8-11,13,16-17,19H2,1H3,(H,41,42). The number of imidazole rings is 1. The van der Waals surface area contributed by atoms with Gasteiger partial charge in [-0.05, 0) is 62.7 Å². The van der Waals surface area contributed by atoms with Gasteiger partial charge in [0.15, 0.2) is 5.65 Å². The third kappa shape index (κ3) is 6.06. The Morgan fingerprint density at radius 1 is 1.14 bits per heavy atom. The molecule has 0 spiro atoms. The van der Waals surface area contributed by atoms with Crippen LogP contribution in [0.25, 0.3) is 5.65 Å². The van der Waals surface area contributed by atoms with E-state index in [4.69, 9.17) is 11.6 Å². The second-order valence-electron chi connectivity index (χ2n) is 12.6. The van der Waals surface area contributed by atoms with Crippen LogP contribution in [0.2, 0.25) is 5.02 Å². The van der Waals surface area contributed by atoms with Gasteiger partial charge in [0.1, 0.15) is 6.04 Å². The number of alkyl halides is 3. The number of fused-ring (bicyclic) bond motifs is 1. The summed E-state index contributed by atoms with van der Waals surface area (Å²) in [6.45, 7) is 6.12. The molecule has 1 aromatic carbocycles. The summed E-state index contributed by atoms with van der Waals surface area (Å²) in [7, 11) is 0. The maximum Gasteiger partial charge on any atom is 0.417 e. The van der Waals surface area contributed by atoms with Crippen molar-refractivity contribution in [3.05, 3.63) is 70.1 Å². The number of aromatic nitrogens is 2. The molecule has 0 amide bonds. The number of likely N-dealkylation sites (tertiary alicyclic amines) is 2. The number of carboxylic acid groups (broad SMARTS) is 1. The molecule has 3 aromatic rings. The van der Waals surface area contributed by atoms with Crippen molar-refractivity contribution in [2.24, 2.45) is 11.8 Å². The minimum atomic E-state index is -4.48. The maximum atomic E-state index is 13.5. The van der Waals surface area contributed by atoms with Crippen LogP contribution in [0.1, 0.15) is 72.7 Å². The second kappa shape index (κ2) is 11.8. The molecule has 2 saturated heterocycles. The topological polar surface area (TPSA) is 61.1 Å². The van der Waals surface area contributed by atoms with Crippen molar-refractivity contribution in [2.75, 3.05) is 32.7 Å². The third-order valence-corrected chi connectivity index (χ3v) is 10.1. The van der Waals surface area contributed by atoms with E-state index in [0.717, 1.165) is 82.8 Å². The summed E-state index contributed by atoms with van der Waals surface area (Å²) in [5.74, 6) is 0.446. The van der Waals surface area contributed by atoms with Crippen LogP contribution < -0.4 is 0 Å². The lowest BCUT2D eigenvalue weighted by Gasteiger charge is -2.35. The van der Waals surface area contributed by atoms with E-state index in [1.807, 2.05) is 0 Å². The zero-order chi connectivity index (χ0) is 29.6. The lowest BCUT2D eigenvalue weighted by Crippen LogP contribution is -2.43. The largest absolute Gasteiger partial charge is 0.480 e. The number of carbonyl (C=O) groups is 1. The van der Waals surface area contributed by atoms with Crippen LogP contribution in [0.4, 0.5) is 13.2 Å². The Morgan fingerprint density at radius 3 is 2.55 bits per heavy atom. The molecule has 3 atom stereocenters. The predicted molar refractivity (Wildman–Crippen MR) is 156 cm³/mol. The first-order chi connectivity index (χ1) is 20.1. The molecular formula is C32H38ClF3N4O2. The van der Waals surface area contributed by atoms with Crippen molar-refractivity contribution in [1.29, 1.82) is 0 Å². The molecule has 1 aliphatic carbocycles. The van der Waals surface area contributed by atoms with Crippen molar-refractivity contribution < 1.29 is 23.1 Å². The van der Waals surface area contributed by atoms with E-state index in [9.17, 15) is 23.1 Å². The number of carboxylic acids is 1. The van der Waals surface area contributed by atoms with Gasteiger partial charge < -0.3 is 14.4 Å². The first kappa shape index (κ1) is 29.5. The van der Waals surface area contributed by atoms with Gasteiger partial charge in [0.25, 0.3) is 0 Å². The van der Waals surface area contributed by atoms with E-state index in [1.165, 1.54) is 21.9 Å². The Balaban J connectivity index is 1.16. The number of hydrogen-bond acceptors (Lipinski definition) is 4. The Bertz CT molecular complexity index is 1430. The fraction of sp³-hybridized carbons (Fsp3) is 0.562. The van der Waals surface area contributed by atoms with Crippen LogP contribution in [-0.2, 0) is 11.0 Å². The third-order valence-electron chi connectivity index (χ3n) is 9.86. The van der Waals surface area contributed by atoms with Crippen molar-refractivity contribution in [1.82, 2.24) is 19.2 Å². The molecule has 42 heavy (non-hydrogen) atoms. The van der Waals surface area contributed by atoms with Gasteiger partial charge in [-0.2, -0.15) is 13.2 Å². The van der Waals surface area contributed by atoms with Crippen LogP contribution in [-0.4, -0.2) is 69.0 Å². The summed E-state index contributed by atoms with van der Waals surface area (Å²) in [6, 6.07) is 9.09. The summed E-state index contributed by atoms with van der Waals surface area (Å²) in [5, 5.41) is 10.2. The molecule has 2 aromatic heterocycles. The highest BCUT2D eigenvalue weighted by Gasteiger charge is 2.42. The molecule has 1 saturated carbocycles. The van der Waals surface area contributed by atoms with E-state index in [-0.39, 0.29) is 16.9 Å². The Hall–Kier alpha value is -2.62. The first-order valence-corrected chi connectivity index (χ1v) is 15.4. The van der Waals surface area contributed by atoms with E-state index in [0.29, 0.717) is 17.5 Å². The highest BCUT2D eigenvalue weighted by atomic mass is 35.5. The number of halogens is 4. The van der Waals surface area contributed by atoms with Crippen LogP contribution in [0, 0.1) is 18.8 Å². The van der Waals surface area contributed by atoms with Gasteiger partial charge in [0, 0.05) is 49.6 Å². The summed E-state index contributed by atoms with van der Waals surface area (Å²) in [4.78, 5) is 21.4. The molecule has 3 aliphatic rings. The number of aliphatic carboxylic acids is 1. The van der Waals surface area contributed by atoms with Crippen molar-refractivity contribution >= 4 is 23.2 Å². The molecule has 6 rings (SSSR count). The highest BCUT2D eigenvalue weighted by Crippen LogP contribution is 2.40. The zero-order valence-electron chi connectivity index (χ0n) is 23.9. The normalized spacial score (nSPS) is 23.8. The van der Waals surface area contributed by atoms with Crippen LogP contribution in [0.15, 0.2) is 42.7 Å². The number of pyridine rings is 1. The number of hydrogen-bond donors (Lipinski definition) is 1. The van der Waals surface area contributed by atoms with Gasteiger partial charge in [0.2, 0.25) is 0 Å². The smallest absolute Gasteiger partial charge is 0.417 e. The van der Waals surface area contributed by atoms with Gasteiger partial charge in [-0.1, -0.05) is 60.7 Å². The molecule has 4 heterocycles. The number of rotatable bonds is 8. The van der Waals surface area contributed by atoms with Crippen molar-refractivity contribution in [2.45, 2.75) is 69.5 Å². The van der Waals surface area contributed by atoms with E-state index >= 15 is 0 Å². The first-order valence-electron chi connectivity index (χ1n) is 15.1. The minimum absolute atomic E-state index is 0.00142. The molecule has 1 N–H and O–H groups in total. The average Bonchev–Trinajstić information content (AvgIpc) is 3.53. The number of aryl methyl sites for hydroxylation is 1. The predicted octanol–water partition coefficient (Wildman–Crippen LogP) is 6.85. The lowest BCUT2D eigenvalue weighted by molar-refractivity contribution is -0.144. The molecular weight excluding hydrogens is 565 g/mol. The summed E-state index contributed by atoms with van der Waals surface area (Å²) < 4.78 is 41.9. The molecule has 3 unspecified atom stereocenters. The molecule has 10 heteroatoms. The molecule has 0 radical (unpaired) electrons. The fourth-order valence-corrected chi connectivity index (χ4v) is 7.59. The lowest BCUT2D eigenvalue weighted by atomic mass is 9.80. The second-order valence-corrected chi connectivity index (χ2v) is 13.1. The van der Waals surface area contributed by atoms with Gasteiger partial charge in [-0.25, -0.2) is 4.98 Å². The van der Waals surface area contributed by atoms with Crippen molar-refractivity contribution in [3.63, 3.8) is 0 Å². The van der Waals surface area contributed by atoms with Gasteiger partial charge >= 0.3 is 12.1 Å². The van der Waals surface area contributed by atoms with Gasteiger partial charge in [0.05, 0.1) is 10.6 Å². The summed E-state index contributed by atoms with van der Waals surface area (Å²) in [5.41, 5.74) is 2.82. The highest BCUT2D eigenvalue weighted by molar-refractivity contribution is 6.33. The van der Waals surface area contributed by atoms with Crippen molar-refractivity contribution in [3.8, 4) is 0 Å². The minimum Gasteiger partial charge on any atom is -0.480 e. The number of benzene rings is 1. The summed E-state index contributed by atoms with van der Waals surface area (Å²) in [6.07, 6.45) is 4.11. The van der Waals surface area contributed by atoms with Gasteiger partial charge in [-0.15, -0.1) is 0 Å². The van der Waals surface area contributed by atoms with Crippen LogP contribution in [0.5, 0.6) is 0 Å². The number of piperidine rings is 1. The monoisotopic (exact) mass is 602 g/mol. The quantitative estimate of drug-likeness (QED) is 0.305. The van der Waals surface area contributed by atoms with Gasteiger partial charge in [-0.3, -0.25) is 9.69 Å². The fourth-order valence-electron chi connectivity index (χ4n) is 7.34. The Kier molecular flexibility index (Phi) is 8.28. The SMILES string of the molecule is Cc1cccc(C2CN(C(CC3CCC3)C(=O)O)CC2CN2CCC(c3cnc4c(Cl)cc(C(F)(F)F)cn34)CC2)c1. The summed E-state index contributed by atoms with van der Waals surface area (Å²) >= 11 is 6.17. The number of nitrogens with zero attached hydrogens (tertiary/aromatic N) is 4. The Labute approximate surface area is 249 Å². The van der Waals surface area contributed by atoms with Crippen LogP contribution >= 0.6 is 11.6 Å². The molecule has 6 nitrogen and oxygen atoms in total. The van der Waals surface area contributed by atoms with E-state index in [2.05, 4.69) is 46.0 Å². The molecule has 2 aliphatic heterocycles. The Morgan fingerprint density at radius 2 is 1.90 bits per heavy atom. The zero-order valence-corrected chi connectivity index (χ0v) is 24.6. The van der Waals surface area contributed by atoms with E-state index in [1.54, 1.807) is 6.20 Å². The molecule has 3 fully saturated rings. The maximum absolute atomic E-state index is 13.5. The average molecular weight is 603 g/mol. The van der Waals surface area contributed by atoms with E-state index < -0.39 is 23.8 Å².